The molecule has 0 amide bonds. The van der Waals surface area contributed by atoms with Crippen molar-refractivity contribution >= 4 is 0 Å². The van der Waals surface area contributed by atoms with E-state index in [9.17, 15) is 0 Å². The van der Waals surface area contributed by atoms with Crippen molar-refractivity contribution < 1.29 is 37.0 Å². The van der Waals surface area contributed by atoms with E-state index in [2.05, 4.69) is 45.0 Å². The number of rotatable bonds is 1. The summed E-state index contributed by atoms with van der Waals surface area (Å²) in [6.45, 7) is 6.79. The maximum absolute atomic E-state index is 7.00. The molecule has 0 saturated carbocycles. The summed E-state index contributed by atoms with van der Waals surface area (Å²) >= 11 is 0. The molecule has 3 N–H and O–H groups in total. The minimum atomic E-state index is 0. The van der Waals surface area contributed by atoms with Gasteiger partial charge in [0.25, 0.3) is 0 Å². The fraction of sp³-hybridized carbons (Fsp3) is 0.615. The Morgan fingerprint density at radius 3 is 1.35 bits per heavy atom. The maximum atomic E-state index is 7.00. The number of hydrogen-bond acceptors (Lipinski definition) is 3. The van der Waals surface area contributed by atoms with Gasteiger partial charge in [-0.15, -0.1) is 0 Å². The molecule has 0 aromatic heterocycles. The molecule has 0 unspecified atom stereocenters. The Morgan fingerprint density at radius 1 is 0.824 bits per heavy atom. The first kappa shape index (κ1) is 25.7. The van der Waals surface area contributed by atoms with E-state index in [-0.39, 0.29) is 21.7 Å². The minimum Gasteiger partial charge on any atom is -0.400 e. The summed E-state index contributed by atoms with van der Waals surface area (Å²) in [5.41, 5.74) is 1.88. The summed E-state index contributed by atoms with van der Waals surface area (Å²) in [6.07, 6.45) is 1.18. The third-order valence-electron chi connectivity index (χ3n) is 1.47. The fourth-order valence-electron chi connectivity index (χ4n) is 1.14. The van der Waals surface area contributed by atoms with Gasteiger partial charge < -0.3 is 15.3 Å². The van der Waals surface area contributed by atoms with Gasteiger partial charge >= 0.3 is 0 Å². The van der Waals surface area contributed by atoms with Gasteiger partial charge in [0.2, 0.25) is 0 Å². The van der Waals surface area contributed by atoms with Crippen molar-refractivity contribution in [3.05, 3.63) is 29.8 Å². The number of aliphatic hydroxyl groups is 3. The molecular formula is C13H27O3Ti-. The predicted octanol–water partition coefficient (Wildman–Crippen LogP) is 1.82. The van der Waals surface area contributed by atoms with Gasteiger partial charge in [0.1, 0.15) is 0 Å². The van der Waals surface area contributed by atoms with Gasteiger partial charge in [-0.2, -0.15) is 17.7 Å². The van der Waals surface area contributed by atoms with Crippen molar-refractivity contribution in [1.29, 1.82) is 0 Å². The third-order valence-corrected chi connectivity index (χ3v) is 1.47. The summed E-state index contributed by atoms with van der Waals surface area (Å²) < 4.78 is 0. The van der Waals surface area contributed by atoms with Crippen LogP contribution in [0.25, 0.3) is 0 Å². The second-order valence-corrected chi connectivity index (χ2v) is 4.03. The molecule has 3 nitrogen and oxygen atoms in total. The Labute approximate surface area is 121 Å². The maximum Gasteiger partial charge on any atom is 0.0319 e. The number of hydrogen-bond donors (Lipinski definition) is 3. The molecule has 0 bridgehead atoms. The van der Waals surface area contributed by atoms with Crippen LogP contribution in [0.4, 0.5) is 0 Å². The van der Waals surface area contributed by atoms with Crippen LogP contribution in [-0.2, 0) is 28.1 Å². The summed E-state index contributed by atoms with van der Waals surface area (Å²) in [5, 5.41) is 21.0. The molecule has 0 radical (unpaired) electrons. The van der Waals surface area contributed by atoms with E-state index in [0.29, 0.717) is 5.41 Å². The van der Waals surface area contributed by atoms with E-state index in [1.807, 2.05) is 0 Å². The van der Waals surface area contributed by atoms with Crippen LogP contribution in [0.5, 0.6) is 0 Å². The van der Waals surface area contributed by atoms with Crippen molar-refractivity contribution in [3.63, 3.8) is 0 Å². The van der Waals surface area contributed by atoms with Crippen LogP contribution >= 0.6 is 0 Å². The molecule has 0 saturated heterocycles. The van der Waals surface area contributed by atoms with Crippen LogP contribution in [0, 0.1) is 5.41 Å². The Kier molecular flexibility index (Phi) is 27.7. The van der Waals surface area contributed by atoms with Crippen LogP contribution in [-0.4, -0.2) is 36.6 Å². The molecule has 0 aliphatic carbocycles. The molecular weight excluding hydrogens is 252 g/mol. The second-order valence-electron chi connectivity index (χ2n) is 4.03. The molecule has 0 aliphatic rings. The van der Waals surface area contributed by atoms with E-state index in [1.165, 1.54) is 12.0 Å². The van der Waals surface area contributed by atoms with Crippen molar-refractivity contribution in [2.75, 3.05) is 21.3 Å². The SMILES string of the molecule is CC(C)(C)C[c-]1cccc1.CO.CO.CO.[Ti]. The zero-order valence-electron chi connectivity index (χ0n) is 11.9. The van der Waals surface area contributed by atoms with E-state index >= 15 is 0 Å². The zero-order valence-corrected chi connectivity index (χ0v) is 13.4. The molecule has 102 valence electrons. The molecule has 1 rings (SSSR count). The van der Waals surface area contributed by atoms with Gasteiger partial charge in [-0.1, -0.05) is 27.2 Å². The van der Waals surface area contributed by atoms with Crippen LogP contribution < -0.4 is 0 Å². The van der Waals surface area contributed by atoms with Crippen LogP contribution in [0.1, 0.15) is 26.3 Å². The van der Waals surface area contributed by atoms with E-state index in [0.717, 1.165) is 21.3 Å². The molecule has 1 aromatic rings. The summed E-state index contributed by atoms with van der Waals surface area (Å²) in [6, 6.07) is 8.57. The molecule has 1 aromatic carbocycles. The Morgan fingerprint density at radius 2 is 1.12 bits per heavy atom. The van der Waals surface area contributed by atoms with Gasteiger partial charge in [-0.05, 0) is 5.41 Å². The minimum absolute atomic E-state index is 0. The molecule has 0 fully saturated rings. The molecule has 0 heterocycles. The molecule has 4 heteroatoms. The van der Waals surface area contributed by atoms with Gasteiger partial charge in [0.05, 0.1) is 0 Å². The van der Waals surface area contributed by atoms with Crippen molar-refractivity contribution in [2.45, 2.75) is 27.2 Å². The molecule has 17 heavy (non-hydrogen) atoms. The second kappa shape index (κ2) is 18.3. The van der Waals surface area contributed by atoms with Gasteiger partial charge in [-0.25, -0.2) is 12.1 Å². The summed E-state index contributed by atoms with van der Waals surface area (Å²) in [4.78, 5) is 0. The quantitative estimate of drug-likeness (QED) is 0.543. The summed E-state index contributed by atoms with van der Waals surface area (Å²) in [7, 11) is 3.00. The van der Waals surface area contributed by atoms with E-state index < -0.39 is 0 Å². The average Bonchev–Trinajstić information content (AvgIpc) is 2.77. The monoisotopic (exact) mass is 279 g/mol. The van der Waals surface area contributed by atoms with Crippen LogP contribution in [0.3, 0.4) is 0 Å². The van der Waals surface area contributed by atoms with Crippen molar-refractivity contribution in [1.82, 2.24) is 0 Å². The first-order chi connectivity index (χ1) is 7.58. The first-order valence-corrected chi connectivity index (χ1v) is 5.13. The van der Waals surface area contributed by atoms with Crippen molar-refractivity contribution in [3.8, 4) is 0 Å². The number of aliphatic hydroxyl groups excluding tert-OH is 3. The van der Waals surface area contributed by atoms with Crippen molar-refractivity contribution in [2.24, 2.45) is 5.41 Å². The van der Waals surface area contributed by atoms with E-state index in [1.54, 1.807) is 0 Å². The Bertz CT molecular complexity index is 191. The van der Waals surface area contributed by atoms with E-state index in [4.69, 9.17) is 15.3 Å². The molecule has 0 spiro atoms. The Balaban J connectivity index is -0.000000106. The van der Waals surface area contributed by atoms with Gasteiger partial charge in [0.15, 0.2) is 0 Å². The van der Waals surface area contributed by atoms with Gasteiger partial charge in [0, 0.05) is 43.0 Å². The fourth-order valence-corrected chi connectivity index (χ4v) is 1.14. The standard InChI is InChI=1S/C10H15.3CH4O.Ti/c1-10(2,3)8-9-6-4-5-7-9;3*1-2;/h4-7H,8H2,1-3H3;3*2H,1H3;/q-1;;;;. The van der Waals surface area contributed by atoms with Gasteiger partial charge in [-0.3, -0.25) is 0 Å². The first-order valence-electron chi connectivity index (χ1n) is 5.13. The largest absolute Gasteiger partial charge is 0.400 e. The van der Waals surface area contributed by atoms with Crippen LogP contribution in [0.2, 0.25) is 0 Å². The Hall–Kier alpha value is -0.0557. The normalized spacial score (nSPS) is 8.06. The third kappa shape index (κ3) is 21.7. The molecule has 0 atom stereocenters. The average molecular weight is 279 g/mol. The van der Waals surface area contributed by atoms with Crippen LogP contribution in [0.15, 0.2) is 24.3 Å². The zero-order chi connectivity index (χ0) is 13.6. The smallest absolute Gasteiger partial charge is 0.0319 e. The molecule has 0 aliphatic heterocycles. The summed E-state index contributed by atoms with van der Waals surface area (Å²) in [5.74, 6) is 0. The predicted molar refractivity (Wildman–Crippen MR) is 69.6 cm³/mol. The topological polar surface area (TPSA) is 60.7 Å².